The van der Waals surface area contributed by atoms with Crippen LogP contribution in [0.15, 0.2) is 66.9 Å². The van der Waals surface area contributed by atoms with Crippen LogP contribution >= 0.6 is 0 Å². The number of nitrogens with zero attached hydrogens (tertiary/aromatic N) is 2. The van der Waals surface area contributed by atoms with E-state index in [0.29, 0.717) is 42.3 Å². The summed E-state index contributed by atoms with van der Waals surface area (Å²) in [5, 5.41) is 16.2. The molecule has 0 bridgehead atoms. The normalized spacial score (nSPS) is 10.3. The van der Waals surface area contributed by atoms with Crippen molar-refractivity contribution in [1.82, 2.24) is 15.2 Å². The molecule has 0 aliphatic rings. The summed E-state index contributed by atoms with van der Waals surface area (Å²) in [6.45, 7) is 0.664. The summed E-state index contributed by atoms with van der Waals surface area (Å²) in [6, 6.07) is 16.2. The van der Waals surface area contributed by atoms with Gasteiger partial charge in [-0.25, -0.2) is 4.98 Å². The van der Waals surface area contributed by atoms with E-state index < -0.39 is 11.8 Å². The highest BCUT2D eigenvalue weighted by atomic mass is 16.5. The van der Waals surface area contributed by atoms with Crippen molar-refractivity contribution < 1.29 is 19.1 Å². The fraction of sp³-hybridized carbons (Fsp3) is 0.222. The number of amidine groups is 1. The third-order valence-electron chi connectivity index (χ3n) is 5.33. The van der Waals surface area contributed by atoms with E-state index in [1.807, 2.05) is 0 Å². The predicted molar refractivity (Wildman–Crippen MR) is 146 cm³/mol. The van der Waals surface area contributed by atoms with Gasteiger partial charge in [-0.15, -0.1) is 0 Å². The molecule has 0 aliphatic heterocycles. The Bertz CT molecular complexity index is 1280. The highest BCUT2D eigenvalue weighted by Gasteiger charge is 2.17. The first kappa shape index (κ1) is 27.8. The van der Waals surface area contributed by atoms with Gasteiger partial charge in [0.2, 0.25) is 0 Å². The van der Waals surface area contributed by atoms with Crippen LogP contribution in [-0.4, -0.2) is 67.2 Å². The zero-order valence-electron chi connectivity index (χ0n) is 21.3. The number of hydrogen-bond donors (Lipinski definition) is 5. The maximum absolute atomic E-state index is 13.1. The number of benzene rings is 2. The number of aromatic nitrogens is 1. The van der Waals surface area contributed by atoms with E-state index in [4.69, 9.17) is 15.9 Å². The van der Waals surface area contributed by atoms with Crippen molar-refractivity contribution in [2.75, 3.05) is 44.4 Å². The van der Waals surface area contributed by atoms with Gasteiger partial charge in [-0.3, -0.25) is 19.8 Å². The van der Waals surface area contributed by atoms with Gasteiger partial charge in [0.05, 0.1) is 11.3 Å². The summed E-state index contributed by atoms with van der Waals surface area (Å²) in [4.78, 5) is 43.8. The van der Waals surface area contributed by atoms with Gasteiger partial charge in [0.25, 0.3) is 17.7 Å². The Morgan fingerprint density at radius 1 is 0.974 bits per heavy atom. The lowest BCUT2D eigenvalue weighted by Crippen LogP contribution is -2.30. The van der Waals surface area contributed by atoms with Gasteiger partial charge in [0.1, 0.15) is 17.4 Å². The average Bonchev–Trinajstić information content (AvgIpc) is 2.92. The average molecular weight is 518 g/mol. The molecule has 198 valence electrons. The SMILES string of the molecule is CN(C)C(=N)c1ccc(C(=O)Nc2ccc(OCC(=O)NCCCN)cc2C(=O)Nc2ccccn2)cc1. The van der Waals surface area contributed by atoms with E-state index >= 15 is 0 Å². The number of rotatable bonds is 11. The lowest BCUT2D eigenvalue weighted by Gasteiger charge is -2.15. The van der Waals surface area contributed by atoms with Crippen molar-refractivity contribution in [1.29, 1.82) is 5.41 Å². The maximum Gasteiger partial charge on any atom is 0.259 e. The van der Waals surface area contributed by atoms with Crippen LogP contribution in [-0.2, 0) is 4.79 Å². The van der Waals surface area contributed by atoms with Gasteiger partial charge in [0, 0.05) is 38.0 Å². The Hall–Kier alpha value is -4.77. The first-order valence-corrected chi connectivity index (χ1v) is 11.9. The Morgan fingerprint density at radius 3 is 2.37 bits per heavy atom. The van der Waals surface area contributed by atoms with Crippen molar-refractivity contribution in [3.8, 4) is 5.75 Å². The molecular weight excluding hydrogens is 486 g/mol. The number of pyridine rings is 1. The second kappa shape index (κ2) is 13.5. The summed E-state index contributed by atoms with van der Waals surface area (Å²) < 4.78 is 5.56. The molecule has 3 rings (SSSR count). The molecule has 0 saturated carbocycles. The minimum atomic E-state index is -0.522. The summed E-state index contributed by atoms with van der Waals surface area (Å²) in [7, 11) is 3.53. The lowest BCUT2D eigenvalue weighted by molar-refractivity contribution is -0.123. The standard InChI is InChI=1S/C27H31N7O4/c1-34(2)25(29)18-7-9-19(10-8-18)26(36)32-22-12-11-20(38-17-24(35)31-15-5-13-28)16-21(22)27(37)33-23-6-3-4-14-30-23/h3-4,6-12,14,16,29H,5,13,15,17,28H2,1-2H3,(H,31,35)(H,32,36)(H,30,33,37). The molecular formula is C27H31N7O4. The first-order valence-electron chi connectivity index (χ1n) is 11.9. The topological polar surface area (TPSA) is 163 Å². The molecule has 38 heavy (non-hydrogen) atoms. The van der Waals surface area contributed by atoms with Crippen LogP contribution in [0.3, 0.4) is 0 Å². The highest BCUT2D eigenvalue weighted by Crippen LogP contribution is 2.24. The quantitative estimate of drug-likeness (QED) is 0.148. The third-order valence-corrected chi connectivity index (χ3v) is 5.33. The Kier molecular flexibility index (Phi) is 9.89. The molecule has 0 radical (unpaired) electrons. The van der Waals surface area contributed by atoms with Crippen LogP contribution in [0.2, 0.25) is 0 Å². The fourth-order valence-electron chi connectivity index (χ4n) is 3.29. The summed E-state index contributed by atoms with van der Waals surface area (Å²) in [5.41, 5.74) is 6.81. The van der Waals surface area contributed by atoms with E-state index in [1.54, 1.807) is 73.7 Å². The monoisotopic (exact) mass is 517 g/mol. The maximum atomic E-state index is 13.1. The molecule has 11 nitrogen and oxygen atoms in total. The number of nitrogens with one attached hydrogen (secondary N) is 4. The second-order valence-electron chi connectivity index (χ2n) is 8.43. The van der Waals surface area contributed by atoms with Crippen LogP contribution in [0.5, 0.6) is 5.75 Å². The van der Waals surface area contributed by atoms with Gasteiger partial charge in [-0.1, -0.05) is 18.2 Å². The molecule has 11 heteroatoms. The molecule has 6 N–H and O–H groups in total. The molecule has 1 aromatic heterocycles. The summed E-state index contributed by atoms with van der Waals surface area (Å²) in [5.74, 6) is -0.358. The minimum absolute atomic E-state index is 0.121. The van der Waals surface area contributed by atoms with Crippen LogP contribution < -0.4 is 26.4 Å². The van der Waals surface area contributed by atoms with Crippen LogP contribution in [0.25, 0.3) is 0 Å². The minimum Gasteiger partial charge on any atom is -0.484 e. The van der Waals surface area contributed by atoms with Crippen molar-refractivity contribution in [2.24, 2.45) is 5.73 Å². The van der Waals surface area contributed by atoms with Crippen molar-refractivity contribution in [3.63, 3.8) is 0 Å². The number of amides is 3. The smallest absolute Gasteiger partial charge is 0.259 e. The zero-order valence-corrected chi connectivity index (χ0v) is 21.3. The summed E-state index contributed by atoms with van der Waals surface area (Å²) in [6.07, 6.45) is 2.19. The molecule has 0 saturated heterocycles. The molecule has 0 atom stereocenters. The molecule has 0 fully saturated rings. The molecule has 0 unspecified atom stereocenters. The number of nitrogens with two attached hydrogens (primary N) is 1. The van der Waals surface area contributed by atoms with E-state index in [0.717, 1.165) is 0 Å². The van der Waals surface area contributed by atoms with Crippen LogP contribution in [0.4, 0.5) is 11.5 Å². The van der Waals surface area contributed by atoms with Gasteiger partial charge in [0.15, 0.2) is 6.61 Å². The first-order chi connectivity index (χ1) is 18.3. The largest absolute Gasteiger partial charge is 0.484 e. The van der Waals surface area contributed by atoms with E-state index in [-0.39, 0.29) is 29.5 Å². The number of ether oxygens (including phenoxy) is 1. The van der Waals surface area contributed by atoms with E-state index in [9.17, 15) is 14.4 Å². The Labute approximate surface area is 220 Å². The fourth-order valence-corrected chi connectivity index (χ4v) is 3.29. The van der Waals surface area contributed by atoms with Gasteiger partial charge in [-0.2, -0.15) is 0 Å². The van der Waals surface area contributed by atoms with Crippen molar-refractivity contribution in [2.45, 2.75) is 6.42 Å². The number of hydrogen-bond acceptors (Lipinski definition) is 7. The molecule has 0 aliphatic carbocycles. The second-order valence-corrected chi connectivity index (χ2v) is 8.43. The van der Waals surface area contributed by atoms with Gasteiger partial charge < -0.3 is 31.3 Å². The van der Waals surface area contributed by atoms with Crippen LogP contribution in [0.1, 0.15) is 32.7 Å². The third kappa shape index (κ3) is 7.87. The number of carbonyl (C=O) groups is 3. The molecule has 3 aromatic rings. The molecule has 0 spiro atoms. The van der Waals surface area contributed by atoms with E-state index in [2.05, 4.69) is 20.9 Å². The number of carbonyl (C=O) groups excluding carboxylic acids is 3. The van der Waals surface area contributed by atoms with E-state index in [1.165, 1.54) is 12.1 Å². The molecule has 2 aromatic carbocycles. The highest BCUT2D eigenvalue weighted by molar-refractivity contribution is 6.12. The van der Waals surface area contributed by atoms with Crippen molar-refractivity contribution >= 4 is 35.1 Å². The number of anilines is 2. The zero-order chi connectivity index (χ0) is 27.5. The van der Waals surface area contributed by atoms with Crippen LogP contribution in [0, 0.1) is 5.41 Å². The lowest BCUT2D eigenvalue weighted by atomic mass is 10.1. The van der Waals surface area contributed by atoms with Gasteiger partial charge in [-0.05, 0) is 55.4 Å². The molecule has 3 amide bonds. The van der Waals surface area contributed by atoms with Gasteiger partial charge >= 0.3 is 0 Å². The summed E-state index contributed by atoms with van der Waals surface area (Å²) >= 11 is 0. The molecule has 1 heterocycles. The Morgan fingerprint density at radius 2 is 1.71 bits per heavy atom. The Balaban J connectivity index is 1.79. The predicted octanol–water partition coefficient (Wildman–Crippen LogP) is 2.32. The van der Waals surface area contributed by atoms with Crippen molar-refractivity contribution in [3.05, 3.63) is 83.6 Å².